The quantitative estimate of drug-likeness (QED) is 0.132. The Morgan fingerprint density at radius 1 is 0.911 bits per heavy atom. The number of alkyl halides is 6. The first-order chi connectivity index (χ1) is 20.9. The maximum Gasteiger partial charge on any atom is 0.490 e. The number of hydrogen-bond donors (Lipinski definition) is 2. The summed E-state index contributed by atoms with van der Waals surface area (Å²) < 4.78 is 65.7. The summed E-state index contributed by atoms with van der Waals surface area (Å²) >= 11 is 0. The van der Waals surface area contributed by atoms with Crippen LogP contribution in [0.3, 0.4) is 0 Å². The molecule has 0 saturated carbocycles. The summed E-state index contributed by atoms with van der Waals surface area (Å²) in [6.45, 7) is 5.49. The Hall–Kier alpha value is -4.62. The van der Waals surface area contributed by atoms with Gasteiger partial charge in [0.15, 0.2) is 11.4 Å². The number of rotatable bonds is 10. The lowest BCUT2D eigenvalue weighted by atomic mass is 10.1. The smallest absolute Gasteiger partial charge is 0.490 e. The summed E-state index contributed by atoms with van der Waals surface area (Å²) in [5.74, 6) is -5.76. The van der Waals surface area contributed by atoms with Gasteiger partial charge < -0.3 is 24.9 Å². The van der Waals surface area contributed by atoms with Crippen LogP contribution in [0, 0.1) is 13.8 Å². The molecular weight excluding hydrogens is 606 g/mol. The van der Waals surface area contributed by atoms with Crippen LogP contribution in [0.5, 0.6) is 0 Å². The molecule has 0 aliphatic heterocycles. The van der Waals surface area contributed by atoms with Crippen molar-refractivity contribution in [2.24, 2.45) is 0 Å². The molecule has 246 valence electrons. The summed E-state index contributed by atoms with van der Waals surface area (Å²) in [5.41, 5.74) is 7.54. The minimum atomic E-state index is -5.19. The molecule has 0 saturated heterocycles. The number of benzene rings is 1. The number of aromatic nitrogens is 3. The number of allylic oxidation sites excluding steroid dienone is 2. The number of aromatic amines is 1. The van der Waals surface area contributed by atoms with E-state index < -0.39 is 24.3 Å². The Balaban J connectivity index is 0.000000601. The topological polar surface area (TPSA) is 113 Å². The number of H-pyrrole nitrogens is 1. The first kappa shape index (κ1) is 38.4. The Kier molecular flexibility index (Phi) is 15.6. The molecule has 0 aliphatic carbocycles. The Labute approximate surface area is 257 Å². The van der Waals surface area contributed by atoms with Gasteiger partial charge in [0.1, 0.15) is 12.5 Å². The Morgan fingerprint density at radius 2 is 1.42 bits per heavy atom. The number of nitrogens with one attached hydrogen (secondary N) is 1. The molecule has 0 fully saturated rings. The summed E-state index contributed by atoms with van der Waals surface area (Å²) in [7, 11) is 4.12. The average molecular weight is 643 g/mol. The van der Waals surface area contributed by atoms with Crippen LogP contribution >= 0.6 is 0 Å². The zero-order valence-corrected chi connectivity index (χ0v) is 25.2. The number of halogens is 6. The van der Waals surface area contributed by atoms with Crippen LogP contribution in [0.25, 0.3) is 12.2 Å². The Bertz CT molecular complexity index is 1350. The molecule has 45 heavy (non-hydrogen) atoms. The minimum Gasteiger partial charge on any atom is -0.542 e. The van der Waals surface area contributed by atoms with E-state index in [2.05, 4.69) is 108 Å². The lowest BCUT2D eigenvalue weighted by Crippen LogP contribution is -2.40. The average Bonchev–Trinajstić information content (AvgIpc) is 3.46. The van der Waals surface area contributed by atoms with E-state index in [-0.39, 0.29) is 0 Å². The molecular formula is C31H36F6N4O4. The molecule has 3 rings (SSSR count). The largest absolute Gasteiger partial charge is 0.542 e. The molecule has 2 aromatic heterocycles. The molecule has 2 heterocycles. The van der Waals surface area contributed by atoms with Gasteiger partial charge in [0.2, 0.25) is 0 Å². The molecule has 2 N–H and O–H groups in total. The maximum absolute atomic E-state index is 10.6. The van der Waals surface area contributed by atoms with Crippen LogP contribution in [0.2, 0.25) is 0 Å². The molecule has 0 bridgehead atoms. The van der Waals surface area contributed by atoms with Crippen molar-refractivity contribution < 1.29 is 50.7 Å². The SMILES string of the molecule is Cc1cc(/C=C/C=C/c2ccc(N(C)C)cc2)cc(C)[n+]1CCCCCc1cnc[nH]1.O=C(O)C(F)(F)F.O=C([O-])C(F)(F)F. The number of carbonyl (C=O) groups excluding carboxylic acids is 1. The van der Waals surface area contributed by atoms with Crippen molar-refractivity contribution in [3.63, 3.8) is 0 Å². The summed E-state index contributed by atoms with van der Waals surface area (Å²) in [5, 5.41) is 15.9. The van der Waals surface area contributed by atoms with E-state index in [9.17, 15) is 26.3 Å². The van der Waals surface area contributed by atoms with Crippen molar-refractivity contribution in [2.45, 2.75) is 58.4 Å². The zero-order valence-electron chi connectivity index (χ0n) is 25.2. The van der Waals surface area contributed by atoms with Gasteiger partial charge >= 0.3 is 18.3 Å². The van der Waals surface area contributed by atoms with E-state index in [0.29, 0.717) is 0 Å². The van der Waals surface area contributed by atoms with E-state index in [4.69, 9.17) is 19.8 Å². The number of carboxylic acid groups (broad SMARTS) is 2. The van der Waals surface area contributed by atoms with E-state index in [1.807, 2.05) is 6.20 Å². The molecule has 8 nitrogen and oxygen atoms in total. The van der Waals surface area contributed by atoms with Crippen molar-refractivity contribution in [1.29, 1.82) is 0 Å². The highest BCUT2D eigenvalue weighted by Gasteiger charge is 2.38. The van der Waals surface area contributed by atoms with Gasteiger partial charge in [-0.2, -0.15) is 26.3 Å². The second-order valence-corrected chi connectivity index (χ2v) is 9.90. The van der Waals surface area contributed by atoms with Crippen LogP contribution < -0.4 is 14.6 Å². The standard InChI is InChI=1S/C27H35N4.2C2HF3O2/c1-22-18-25(11-8-7-10-24-13-15-27(16-14-24)30(3)4)19-23(2)31(22)17-9-5-6-12-26-20-28-21-29-26;2*3-2(4,5)1(6)7/h7-8,10-11,13-16,18-21H,5-6,9,12,17H2,1-4H3,(H,28,29);2*(H,6,7)/q+1;;/p-1. The molecule has 0 unspecified atom stereocenters. The molecule has 0 amide bonds. The van der Waals surface area contributed by atoms with Gasteiger partial charge in [0.25, 0.3) is 0 Å². The molecule has 0 aliphatic rings. The highest BCUT2D eigenvalue weighted by atomic mass is 19.4. The van der Waals surface area contributed by atoms with E-state index in [1.165, 1.54) is 53.2 Å². The number of hydrogen-bond acceptors (Lipinski definition) is 5. The fourth-order valence-corrected chi connectivity index (χ4v) is 3.81. The van der Waals surface area contributed by atoms with Crippen molar-refractivity contribution >= 4 is 29.8 Å². The van der Waals surface area contributed by atoms with Crippen LogP contribution in [-0.4, -0.2) is 53.5 Å². The zero-order chi connectivity index (χ0) is 34.2. The number of imidazole rings is 1. The van der Waals surface area contributed by atoms with Crippen molar-refractivity contribution in [3.05, 3.63) is 89.3 Å². The maximum atomic E-state index is 10.6. The normalized spacial score (nSPS) is 11.5. The van der Waals surface area contributed by atoms with Crippen LogP contribution in [-0.2, 0) is 22.6 Å². The lowest BCUT2D eigenvalue weighted by molar-refractivity contribution is -0.709. The molecule has 0 radical (unpaired) electrons. The highest BCUT2D eigenvalue weighted by molar-refractivity contribution is 5.73. The van der Waals surface area contributed by atoms with Gasteiger partial charge in [0.05, 0.1) is 6.33 Å². The fourth-order valence-electron chi connectivity index (χ4n) is 3.81. The molecule has 0 spiro atoms. The van der Waals surface area contributed by atoms with Gasteiger partial charge in [-0.15, -0.1) is 0 Å². The molecule has 14 heteroatoms. The van der Waals surface area contributed by atoms with Gasteiger partial charge in [0, 0.05) is 64.1 Å². The third kappa shape index (κ3) is 15.6. The molecule has 1 aromatic carbocycles. The summed E-state index contributed by atoms with van der Waals surface area (Å²) in [4.78, 5) is 27.0. The van der Waals surface area contributed by atoms with E-state index in [1.54, 1.807) is 6.33 Å². The second-order valence-electron chi connectivity index (χ2n) is 9.90. The number of anilines is 1. The second kappa shape index (κ2) is 18.2. The van der Waals surface area contributed by atoms with Crippen molar-refractivity contribution in [3.8, 4) is 0 Å². The monoisotopic (exact) mass is 642 g/mol. The molecule has 3 aromatic rings. The first-order valence-corrected chi connectivity index (χ1v) is 13.6. The number of aryl methyl sites for hydroxylation is 3. The van der Waals surface area contributed by atoms with E-state index in [0.717, 1.165) is 13.0 Å². The molecule has 0 atom stereocenters. The van der Waals surface area contributed by atoms with Crippen molar-refractivity contribution in [1.82, 2.24) is 9.97 Å². The number of unbranched alkanes of at least 4 members (excludes halogenated alkanes) is 2. The highest BCUT2D eigenvalue weighted by Crippen LogP contribution is 2.15. The van der Waals surface area contributed by atoms with Gasteiger partial charge in [-0.05, 0) is 42.5 Å². The predicted octanol–water partition coefficient (Wildman–Crippen LogP) is 5.45. The van der Waals surface area contributed by atoms with Gasteiger partial charge in [-0.25, -0.2) is 14.3 Å². The minimum absolute atomic E-state index is 1.08. The number of aliphatic carboxylic acids is 2. The number of carboxylic acids is 2. The summed E-state index contributed by atoms with van der Waals surface area (Å²) in [6, 6.07) is 13.1. The van der Waals surface area contributed by atoms with Gasteiger partial charge in [-0.3, -0.25) is 0 Å². The van der Waals surface area contributed by atoms with Crippen LogP contribution in [0.15, 0.2) is 61.1 Å². The number of carbonyl (C=O) groups is 2. The third-order valence-electron chi connectivity index (χ3n) is 6.06. The van der Waals surface area contributed by atoms with Crippen LogP contribution in [0.4, 0.5) is 32.0 Å². The first-order valence-electron chi connectivity index (χ1n) is 13.6. The number of nitrogens with zero attached hydrogens (tertiary/aromatic N) is 3. The van der Waals surface area contributed by atoms with Crippen LogP contribution in [0.1, 0.15) is 47.5 Å². The summed E-state index contributed by atoms with van der Waals surface area (Å²) in [6.07, 6.45) is 6.66. The number of pyridine rings is 1. The third-order valence-corrected chi connectivity index (χ3v) is 6.06. The fraction of sp³-hybridized carbons (Fsp3) is 0.355. The van der Waals surface area contributed by atoms with Gasteiger partial charge in [-0.1, -0.05) is 36.4 Å². The Morgan fingerprint density at radius 3 is 1.84 bits per heavy atom. The van der Waals surface area contributed by atoms with E-state index >= 15 is 0 Å². The predicted molar refractivity (Wildman–Crippen MR) is 156 cm³/mol. The lowest BCUT2D eigenvalue weighted by Gasteiger charge is -2.11. The van der Waals surface area contributed by atoms with Crippen molar-refractivity contribution in [2.75, 3.05) is 19.0 Å².